The van der Waals surface area contributed by atoms with Crippen LogP contribution in [0, 0.1) is 6.92 Å². The van der Waals surface area contributed by atoms with Gasteiger partial charge >= 0.3 is 0 Å². The Balaban J connectivity index is 1.44. The van der Waals surface area contributed by atoms with Crippen molar-refractivity contribution >= 4 is 27.5 Å². The monoisotopic (exact) mass is 353 g/mol. The van der Waals surface area contributed by atoms with Crippen molar-refractivity contribution in [3.05, 3.63) is 64.7 Å². The van der Waals surface area contributed by atoms with Crippen LogP contribution in [0.5, 0.6) is 0 Å². The Morgan fingerprint density at radius 2 is 1.92 bits per heavy atom. The molecule has 0 spiro atoms. The van der Waals surface area contributed by atoms with E-state index >= 15 is 0 Å². The van der Waals surface area contributed by atoms with Crippen LogP contribution >= 0.6 is 11.3 Å². The number of para-hydroxylation sites is 1. The Morgan fingerprint density at radius 1 is 1.16 bits per heavy atom. The van der Waals surface area contributed by atoms with Gasteiger partial charge in [0.05, 0.1) is 21.8 Å². The quantitative estimate of drug-likeness (QED) is 0.708. The van der Waals surface area contributed by atoms with Gasteiger partial charge in [0.2, 0.25) is 5.91 Å². The van der Waals surface area contributed by atoms with Crippen LogP contribution in [0.2, 0.25) is 0 Å². The summed E-state index contributed by atoms with van der Waals surface area (Å²) in [5, 5.41) is 4.06. The number of aromatic nitrogens is 1. The molecule has 0 atom stereocenters. The fourth-order valence-corrected chi connectivity index (χ4v) is 3.74. The van der Waals surface area contributed by atoms with Gasteiger partial charge in [0, 0.05) is 19.5 Å². The molecule has 5 heteroatoms. The van der Waals surface area contributed by atoms with Crippen LogP contribution in [0.1, 0.15) is 16.1 Å². The number of aryl methyl sites for hydroxylation is 1. The van der Waals surface area contributed by atoms with E-state index in [1.807, 2.05) is 42.3 Å². The summed E-state index contributed by atoms with van der Waals surface area (Å²) in [4.78, 5) is 18.8. The van der Waals surface area contributed by atoms with Gasteiger partial charge < -0.3 is 5.32 Å². The van der Waals surface area contributed by atoms with Gasteiger partial charge in [0.15, 0.2) is 0 Å². The number of rotatable bonds is 7. The third-order valence-corrected chi connectivity index (χ3v) is 5.21. The Bertz CT molecular complexity index is 826. The number of hydrogen-bond acceptors (Lipinski definition) is 4. The number of carbonyl (C=O) groups is 1. The maximum absolute atomic E-state index is 12.1. The van der Waals surface area contributed by atoms with Gasteiger partial charge in [-0.3, -0.25) is 9.69 Å². The summed E-state index contributed by atoms with van der Waals surface area (Å²) in [6.45, 7) is 3.89. The number of nitrogens with one attached hydrogen (secondary N) is 1. The molecule has 0 fully saturated rings. The number of nitrogens with zero attached hydrogens (tertiary/aromatic N) is 2. The highest BCUT2D eigenvalue weighted by molar-refractivity contribution is 7.18. The van der Waals surface area contributed by atoms with E-state index in [2.05, 4.69) is 35.4 Å². The summed E-state index contributed by atoms with van der Waals surface area (Å²) in [6.07, 6.45) is 0.770. The van der Waals surface area contributed by atoms with E-state index in [9.17, 15) is 4.79 Å². The topological polar surface area (TPSA) is 45.2 Å². The van der Waals surface area contributed by atoms with Crippen LogP contribution in [0.3, 0.4) is 0 Å². The average molecular weight is 353 g/mol. The van der Waals surface area contributed by atoms with Gasteiger partial charge in [-0.2, -0.15) is 0 Å². The van der Waals surface area contributed by atoms with Gasteiger partial charge in [-0.25, -0.2) is 4.98 Å². The molecule has 0 saturated carbocycles. The largest absolute Gasteiger partial charge is 0.355 e. The van der Waals surface area contributed by atoms with Crippen molar-refractivity contribution in [1.82, 2.24) is 15.2 Å². The van der Waals surface area contributed by atoms with Crippen LogP contribution in [-0.4, -0.2) is 35.9 Å². The van der Waals surface area contributed by atoms with E-state index in [-0.39, 0.29) is 5.91 Å². The van der Waals surface area contributed by atoms with E-state index in [4.69, 9.17) is 0 Å². The van der Waals surface area contributed by atoms with Gasteiger partial charge in [0.25, 0.3) is 0 Å². The first-order chi connectivity index (χ1) is 12.1. The first-order valence-electron chi connectivity index (χ1n) is 8.46. The lowest BCUT2D eigenvalue weighted by molar-refractivity contribution is -0.122. The predicted molar refractivity (Wildman–Crippen MR) is 104 cm³/mol. The molecule has 0 aliphatic carbocycles. The Labute approximate surface area is 152 Å². The number of carbonyl (C=O) groups excluding carboxylic acids is 1. The Kier molecular flexibility index (Phi) is 5.79. The molecule has 0 unspecified atom stereocenters. The lowest BCUT2D eigenvalue weighted by Crippen LogP contribution is -2.35. The van der Waals surface area contributed by atoms with E-state index in [0.29, 0.717) is 13.1 Å². The highest BCUT2D eigenvalue weighted by Gasteiger charge is 2.09. The van der Waals surface area contributed by atoms with E-state index in [0.717, 1.165) is 23.5 Å². The molecule has 25 heavy (non-hydrogen) atoms. The smallest absolute Gasteiger partial charge is 0.234 e. The van der Waals surface area contributed by atoms with Gasteiger partial charge in [-0.15, -0.1) is 11.3 Å². The fourth-order valence-electron chi connectivity index (χ4n) is 2.77. The third-order valence-electron chi connectivity index (χ3n) is 4.11. The number of fused-ring (bicyclic) bond motifs is 1. The number of benzene rings is 2. The van der Waals surface area contributed by atoms with Crippen molar-refractivity contribution < 1.29 is 4.79 Å². The summed E-state index contributed by atoms with van der Waals surface area (Å²) in [6, 6.07) is 16.4. The molecule has 1 aromatic heterocycles. The minimum atomic E-state index is 0.0530. The highest BCUT2D eigenvalue weighted by atomic mass is 32.1. The summed E-state index contributed by atoms with van der Waals surface area (Å²) in [5.74, 6) is 0.0530. The number of thiazole rings is 1. The number of amides is 1. The van der Waals surface area contributed by atoms with Gasteiger partial charge in [-0.1, -0.05) is 36.4 Å². The number of hydrogen-bond donors (Lipinski definition) is 1. The zero-order chi connectivity index (χ0) is 17.6. The molecule has 3 aromatic rings. The van der Waals surface area contributed by atoms with Gasteiger partial charge in [0.1, 0.15) is 0 Å². The molecule has 0 aliphatic rings. The van der Waals surface area contributed by atoms with Crippen LogP contribution in [0.25, 0.3) is 10.2 Å². The molecule has 0 radical (unpaired) electrons. The summed E-state index contributed by atoms with van der Waals surface area (Å²) < 4.78 is 1.20. The van der Waals surface area contributed by atoms with E-state index < -0.39 is 0 Å². The molecular weight excluding hydrogens is 330 g/mol. The SMILES string of the molecule is Cc1ccccc1CN(C)CC(=O)NCCc1nc2ccccc2s1. The normalized spacial score (nSPS) is 11.2. The molecule has 0 aliphatic heterocycles. The maximum Gasteiger partial charge on any atom is 0.234 e. The zero-order valence-corrected chi connectivity index (χ0v) is 15.5. The standard InChI is InChI=1S/C20H23N3OS/c1-15-7-3-4-8-16(15)13-23(2)14-19(24)21-12-11-20-22-17-9-5-6-10-18(17)25-20/h3-10H,11-14H2,1-2H3,(H,21,24). The fraction of sp³-hybridized carbons (Fsp3) is 0.300. The minimum absolute atomic E-state index is 0.0530. The minimum Gasteiger partial charge on any atom is -0.355 e. The first-order valence-corrected chi connectivity index (χ1v) is 9.27. The predicted octanol–water partition coefficient (Wildman–Crippen LogP) is 3.40. The second-order valence-electron chi connectivity index (χ2n) is 6.27. The van der Waals surface area contributed by atoms with Crippen LogP contribution in [0.15, 0.2) is 48.5 Å². The van der Waals surface area contributed by atoms with Crippen molar-refractivity contribution in [2.75, 3.05) is 20.1 Å². The molecule has 1 amide bonds. The molecule has 130 valence electrons. The molecule has 1 N–H and O–H groups in total. The summed E-state index contributed by atoms with van der Waals surface area (Å²) in [5.41, 5.74) is 3.55. The summed E-state index contributed by atoms with van der Waals surface area (Å²) >= 11 is 1.69. The van der Waals surface area contributed by atoms with Crippen molar-refractivity contribution in [3.63, 3.8) is 0 Å². The maximum atomic E-state index is 12.1. The summed E-state index contributed by atoms with van der Waals surface area (Å²) in [7, 11) is 1.97. The highest BCUT2D eigenvalue weighted by Crippen LogP contribution is 2.21. The molecule has 1 heterocycles. The van der Waals surface area contributed by atoms with Crippen molar-refractivity contribution in [3.8, 4) is 0 Å². The Hall–Kier alpha value is -2.24. The van der Waals surface area contributed by atoms with Gasteiger partial charge in [-0.05, 0) is 37.2 Å². The molecule has 0 bridgehead atoms. The second kappa shape index (κ2) is 8.23. The molecule has 4 nitrogen and oxygen atoms in total. The average Bonchev–Trinajstić information content (AvgIpc) is 2.99. The van der Waals surface area contributed by atoms with E-state index in [1.165, 1.54) is 15.8 Å². The number of likely N-dealkylation sites (N-methyl/N-ethyl adjacent to an activating group) is 1. The Morgan fingerprint density at radius 3 is 2.72 bits per heavy atom. The van der Waals surface area contributed by atoms with Crippen molar-refractivity contribution in [1.29, 1.82) is 0 Å². The van der Waals surface area contributed by atoms with Crippen LogP contribution in [-0.2, 0) is 17.8 Å². The zero-order valence-electron chi connectivity index (χ0n) is 14.7. The molecule has 2 aromatic carbocycles. The van der Waals surface area contributed by atoms with Crippen LogP contribution < -0.4 is 5.32 Å². The molecule has 3 rings (SSSR count). The lowest BCUT2D eigenvalue weighted by atomic mass is 10.1. The third kappa shape index (κ3) is 4.87. The molecular formula is C20H23N3OS. The molecule has 0 saturated heterocycles. The second-order valence-corrected chi connectivity index (χ2v) is 7.39. The lowest BCUT2D eigenvalue weighted by Gasteiger charge is -2.17. The van der Waals surface area contributed by atoms with E-state index in [1.54, 1.807) is 11.3 Å². The van der Waals surface area contributed by atoms with Crippen molar-refractivity contribution in [2.45, 2.75) is 19.9 Å². The van der Waals surface area contributed by atoms with Crippen LogP contribution in [0.4, 0.5) is 0 Å². The first kappa shape index (κ1) is 17.6. The van der Waals surface area contributed by atoms with Crippen molar-refractivity contribution in [2.24, 2.45) is 0 Å².